The minimum atomic E-state index is -7.22. The first kappa shape index (κ1) is 45.4. The van der Waals surface area contributed by atoms with Crippen molar-refractivity contribution in [1.82, 2.24) is 0 Å². The summed E-state index contributed by atoms with van der Waals surface area (Å²) in [5, 5.41) is 0. The zero-order chi connectivity index (χ0) is 37.3. The van der Waals surface area contributed by atoms with Crippen molar-refractivity contribution >= 4 is 34.0 Å². The maximum atomic E-state index is 14.2. The summed E-state index contributed by atoms with van der Waals surface area (Å²) in [6.07, 6.45) is -29.7. The summed E-state index contributed by atoms with van der Waals surface area (Å²) in [5.41, 5.74) is 0. The Morgan fingerprint density at radius 2 is 0.783 bits per heavy atom. The van der Waals surface area contributed by atoms with Crippen molar-refractivity contribution in [3.8, 4) is 0 Å². The summed E-state index contributed by atoms with van der Waals surface area (Å²) in [6.45, 7) is 3.93. The molecule has 0 aromatic heterocycles. The van der Waals surface area contributed by atoms with Gasteiger partial charge in [-0.05, 0) is 56.9 Å². The molecule has 0 aliphatic rings. The van der Waals surface area contributed by atoms with Crippen molar-refractivity contribution in [2.45, 2.75) is 125 Å². The fourth-order valence-corrected chi connectivity index (χ4v) is 22.7. The Hall–Kier alpha value is -0.552. The van der Waals surface area contributed by atoms with Gasteiger partial charge in [-0.1, -0.05) is 0 Å². The Morgan fingerprint density at radius 1 is 0.435 bits per heavy atom. The molecule has 0 fully saturated rings. The van der Waals surface area contributed by atoms with Gasteiger partial charge in [0, 0.05) is 25.7 Å². The summed E-state index contributed by atoms with van der Waals surface area (Å²) >= 11 is 0. The molecule has 0 heterocycles. The largest absolute Gasteiger partial charge is 0.460 e. The predicted molar refractivity (Wildman–Crippen MR) is 135 cm³/mol. The Bertz CT molecular complexity index is 984. The highest BCUT2D eigenvalue weighted by Gasteiger charge is 2.81. The Labute approximate surface area is 255 Å². The number of hydrogen-bond donors (Lipinski definition) is 1. The minimum Gasteiger partial charge on any atom is -0.436 e. The average Bonchev–Trinajstić information content (AvgIpc) is 2.76. The molecule has 1 N–H and O–H groups in total. The van der Waals surface area contributed by atoms with E-state index >= 15 is 0 Å². The first-order chi connectivity index (χ1) is 19.7. The first-order valence-corrected chi connectivity index (χ1v) is 23.7. The molecule has 0 amide bonds. The molecular weight excluding hydrogens is 759 g/mol. The van der Waals surface area contributed by atoms with Crippen molar-refractivity contribution < 1.29 is 96.2 Å². The molecule has 0 aliphatic carbocycles. The zero-order valence-electron chi connectivity index (χ0n) is 24.6. The van der Waals surface area contributed by atoms with Crippen molar-refractivity contribution in [1.29, 1.82) is 0 Å². The van der Waals surface area contributed by atoms with E-state index in [2.05, 4.69) is 0 Å². The minimum absolute atomic E-state index is 0.730. The first-order valence-electron chi connectivity index (χ1n) is 12.9. The summed E-state index contributed by atoms with van der Waals surface area (Å²) in [4.78, 5) is 10.5. The lowest BCUT2D eigenvalue weighted by Crippen LogP contribution is -2.62. The van der Waals surface area contributed by atoms with E-state index in [4.69, 9.17) is 12.3 Å². The highest BCUT2D eigenvalue weighted by molar-refractivity contribution is 6.89. The maximum absolute atomic E-state index is 14.2. The summed E-state index contributed by atoms with van der Waals surface area (Å²) in [5.74, 6) is -20.3. The van der Waals surface area contributed by atoms with Crippen LogP contribution in [-0.4, -0.2) is 81.3 Å². The molecule has 278 valence electrons. The monoisotopic (exact) mass is 790 g/mol. The smallest absolute Gasteiger partial charge is 0.436 e. The van der Waals surface area contributed by atoms with Gasteiger partial charge >= 0.3 is 68.2 Å². The van der Waals surface area contributed by atoms with Gasteiger partial charge in [-0.25, -0.2) is 0 Å². The summed E-state index contributed by atoms with van der Waals surface area (Å²) in [7, 11) is -18.3. The van der Waals surface area contributed by atoms with Gasteiger partial charge < -0.3 is 17.1 Å². The highest BCUT2D eigenvalue weighted by Crippen LogP contribution is 2.54. The van der Waals surface area contributed by atoms with Gasteiger partial charge in [0.05, 0.1) is 0 Å². The van der Waals surface area contributed by atoms with E-state index in [9.17, 15) is 83.8 Å². The van der Waals surface area contributed by atoms with Crippen LogP contribution >= 0.6 is 0 Å². The van der Waals surface area contributed by atoms with Crippen molar-refractivity contribution in [2.75, 3.05) is 0 Å². The van der Waals surface area contributed by atoms with Crippen molar-refractivity contribution in [3.63, 3.8) is 0 Å². The molecule has 0 rings (SSSR count). The van der Waals surface area contributed by atoms with Crippen molar-refractivity contribution in [2.24, 2.45) is 0 Å². The molecule has 0 bridgehead atoms. The fourth-order valence-electron chi connectivity index (χ4n) is 3.99. The van der Waals surface area contributed by atoms with Crippen LogP contribution in [0.3, 0.4) is 0 Å². The second kappa shape index (κ2) is 14.4. The second-order valence-corrected chi connectivity index (χ2v) is 26.6. The van der Waals surface area contributed by atoms with Gasteiger partial charge in [0.2, 0.25) is 0 Å². The van der Waals surface area contributed by atoms with E-state index in [0.717, 1.165) is 32.7 Å². The average molecular weight is 791 g/mol. The van der Waals surface area contributed by atoms with Crippen LogP contribution in [-0.2, 0) is 12.3 Å². The molecule has 0 saturated heterocycles. The van der Waals surface area contributed by atoms with Crippen LogP contribution in [0.15, 0.2) is 0 Å². The lowest BCUT2D eigenvalue weighted by atomic mass is 10.0. The third-order valence-corrected chi connectivity index (χ3v) is 22.0. The predicted octanol–water partition coefficient (Wildman–Crippen LogP) is 10.2. The topological polar surface area (TPSA) is 47.9 Å². The van der Waals surface area contributed by atoms with E-state index < -0.39 is 126 Å². The van der Waals surface area contributed by atoms with Crippen molar-refractivity contribution in [3.05, 3.63) is 0 Å². The van der Waals surface area contributed by atoms with E-state index in [1.54, 1.807) is 0 Å². The molecule has 3 atom stereocenters. The van der Waals surface area contributed by atoms with Crippen LogP contribution in [0, 0.1) is 0 Å². The quantitative estimate of drug-likeness (QED) is 0.118. The van der Waals surface area contributed by atoms with Crippen LogP contribution in [0.25, 0.3) is 0 Å². The van der Waals surface area contributed by atoms with Gasteiger partial charge in [0.1, 0.15) is 0 Å². The molecule has 0 saturated carbocycles. The molecule has 4 nitrogen and oxygen atoms in total. The van der Waals surface area contributed by atoms with E-state index in [1.807, 2.05) is 0 Å². The fraction of sp³-hybridized carbons (Fsp3) is 1.00. The van der Waals surface area contributed by atoms with Crippen LogP contribution in [0.2, 0.25) is 56.9 Å². The van der Waals surface area contributed by atoms with Gasteiger partial charge in [-0.3, -0.25) is 0 Å². The Balaban J connectivity index is 6.50. The Kier molecular flexibility index (Phi) is 14.2. The standard InChI is InChI=1S/C20H32F18O4Si4/c1-43(2,10-6-14(21,22)18(32,33)19(34,35)20(36,37)38)40-45(4,12-8-16(26,27)28)42-46(5,13-9-17(29,30)31)41-44(3,39)11-7-15(23,24)25/h39H,6-13H2,1-5H3. The van der Waals surface area contributed by atoms with Gasteiger partial charge in [0.15, 0.2) is 8.32 Å². The molecule has 26 heteroatoms. The maximum Gasteiger partial charge on any atom is 0.460 e. The molecule has 3 unspecified atom stereocenters. The molecular formula is C20H32F18O4Si4. The van der Waals surface area contributed by atoms with Crippen LogP contribution in [0.1, 0.15) is 25.7 Å². The van der Waals surface area contributed by atoms with Gasteiger partial charge in [-0.15, -0.1) is 0 Å². The molecule has 0 spiro atoms. The SMILES string of the molecule is C[Si](C)(CCC(F)(F)C(F)(F)C(F)(F)C(F)(F)F)O[Si](C)(CCC(F)(F)F)O[Si](C)(CCC(F)(F)F)O[Si](C)(O)CCC(F)(F)F. The van der Waals surface area contributed by atoms with Crippen LogP contribution in [0.4, 0.5) is 79.0 Å². The lowest BCUT2D eigenvalue weighted by Gasteiger charge is -2.44. The van der Waals surface area contributed by atoms with E-state index in [1.165, 1.54) is 0 Å². The van der Waals surface area contributed by atoms with Crippen LogP contribution < -0.4 is 0 Å². The van der Waals surface area contributed by atoms with Gasteiger partial charge in [-0.2, -0.15) is 79.0 Å². The third kappa shape index (κ3) is 14.9. The molecule has 0 aromatic carbocycles. The zero-order valence-corrected chi connectivity index (χ0v) is 28.6. The second-order valence-electron chi connectivity index (χ2n) is 11.7. The molecule has 0 aromatic rings. The number of halogens is 18. The van der Waals surface area contributed by atoms with Gasteiger partial charge in [0.25, 0.3) is 0 Å². The van der Waals surface area contributed by atoms with Crippen LogP contribution in [0.5, 0.6) is 0 Å². The normalized spacial score (nSPS) is 19.0. The molecule has 46 heavy (non-hydrogen) atoms. The number of rotatable bonds is 17. The summed E-state index contributed by atoms with van der Waals surface area (Å²) < 4.78 is 253. The lowest BCUT2D eigenvalue weighted by molar-refractivity contribution is -0.396. The highest BCUT2D eigenvalue weighted by atomic mass is 28.5. The third-order valence-electron chi connectivity index (χ3n) is 6.21. The van der Waals surface area contributed by atoms with E-state index in [0.29, 0.717) is 0 Å². The summed E-state index contributed by atoms with van der Waals surface area (Å²) in [6, 6.07) is -5.03. The van der Waals surface area contributed by atoms with E-state index in [-0.39, 0.29) is 0 Å². The Morgan fingerprint density at radius 3 is 1.13 bits per heavy atom. The molecule has 0 aliphatic heterocycles. The molecule has 0 radical (unpaired) electrons. The number of hydrogen-bond acceptors (Lipinski definition) is 4. The number of alkyl halides is 18.